The van der Waals surface area contributed by atoms with Crippen molar-refractivity contribution in [1.82, 2.24) is 4.90 Å². The molecule has 0 bridgehead atoms. The van der Waals surface area contributed by atoms with Crippen molar-refractivity contribution in [2.75, 3.05) is 20.2 Å². The van der Waals surface area contributed by atoms with Crippen LogP contribution in [0.15, 0.2) is 18.2 Å². The number of benzene rings is 1. The number of nitrogens with zero attached hydrogens (tertiary/aromatic N) is 1. The number of aliphatic hydroxyl groups is 1. The molecule has 0 fully saturated rings. The average Bonchev–Trinajstić information content (AvgIpc) is 2.47. The lowest BCUT2D eigenvalue weighted by atomic mass is 9.85. The maximum absolute atomic E-state index is 10.8. The number of rotatable bonds is 7. The van der Waals surface area contributed by atoms with Gasteiger partial charge in [-0.05, 0) is 44.1 Å². The topological polar surface area (TPSA) is 32.7 Å². The maximum Gasteiger partial charge on any atom is 0.137 e. The van der Waals surface area contributed by atoms with Crippen molar-refractivity contribution in [3.05, 3.63) is 28.8 Å². The highest BCUT2D eigenvalue weighted by atomic mass is 35.5. The highest BCUT2D eigenvalue weighted by Crippen LogP contribution is 2.36. The molecular weight excluding hydrogens is 274 g/mol. The van der Waals surface area contributed by atoms with Crippen LogP contribution in [0.1, 0.15) is 45.8 Å². The Hall–Kier alpha value is -0.770. The van der Waals surface area contributed by atoms with E-state index in [1.165, 1.54) is 0 Å². The van der Waals surface area contributed by atoms with Crippen LogP contribution in [-0.4, -0.2) is 35.7 Å². The fraction of sp³-hybridized carbons (Fsp3) is 0.625. The molecule has 114 valence electrons. The summed E-state index contributed by atoms with van der Waals surface area (Å²) in [5.74, 6) is 0.598. The third kappa shape index (κ3) is 3.27. The van der Waals surface area contributed by atoms with E-state index in [-0.39, 0.29) is 5.54 Å². The van der Waals surface area contributed by atoms with Crippen LogP contribution in [-0.2, 0) is 0 Å². The van der Waals surface area contributed by atoms with Crippen LogP contribution in [0.3, 0.4) is 0 Å². The Labute approximate surface area is 127 Å². The van der Waals surface area contributed by atoms with Crippen LogP contribution in [0.5, 0.6) is 5.75 Å². The SMILES string of the molecule is CCN(CC)C(C)(CC)C(O)c1ccc(Cl)c(OC)c1. The van der Waals surface area contributed by atoms with Gasteiger partial charge in [-0.2, -0.15) is 0 Å². The average molecular weight is 300 g/mol. The van der Waals surface area contributed by atoms with Crippen LogP contribution < -0.4 is 4.74 Å². The van der Waals surface area contributed by atoms with Crippen molar-refractivity contribution < 1.29 is 9.84 Å². The summed E-state index contributed by atoms with van der Waals surface area (Å²) in [5.41, 5.74) is 0.532. The van der Waals surface area contributed by atoms with Crippen molar-refractivity contribution in [1.29, 1.82) is 0 Å². The number of methoxy groups -OCH3 is 1. The van der Waals surface area contributed by atoms with Crippen molar-refractivity contribution >= 4 is 11.6 Å². The minimum atomic E-state index is -0.585. The second-order valence-corrected chi connectivity index (χ2v) is 5.59. The highest BCUT2D eigenvalue weighted by molar-refractivity contribution is 6.32. The van der Waals surface area contributed by atoms with E-state index in [1.807, 2.05) is 12.1 Å². The lowest BCUT2D eigenvalue weighted by Gasteiger charge is -2.43. The zero-order valence-electron chi connectivity index (χ0n) is 13.1. The Bertz CT molecular complexity index is 434. The van der Waals surface area contributed by atoms with Crippen LogP contribution >= 0.6 is 11.6 Å². The molecule has 0 aromatic heterocycles. The number of halogens is 1. The molecule has 0 saturated heterocycles. The van der Waals surface area contributed by atoms with Gasteiger partial charge in [0, 0.05) is 5.54 Å². The standard InChI is InChI=1S/C16H26ClNO2/c1-6-16(4,18(7-2)8-3)15(19)12-9-10-13(17)14(11-12)20-5/h9-11,15,19H,6-8H2,1-5H3. The van der Waals surface area contributed by atoms with Gasteiger partial charge in [0.15, 0.2) is 0 Å². The van der Waals surface area contributed by atoms with Crippen molar-refractivity contribution in [2.45, 2.75) is 45.8 Å². The van der Waals surface area contributed by atoms with E-state index in [2.05, 4.69) is 32.6 Å². The molecule has 3 nitrogen and oxygen atoms in total. The molecule has 1 aromatic carbocycles. The molecule has 0 spiro atoms. The third-order valence-electron chi connectivity index (χ3n) is 4.28. The lowest BCUT2D eigenvalue weighted by molar-refractivity contribution is -0.0214. The molecule has 1 N–H and O–H groups in total. The van der Waals surface area contributed by atoms with Gasteiger partial charge < -0.3 is 9.84 Å². The lowest BCUT2D eigenvalue weighted by Crippen LogP contribution is -2.50. The van der Waals surface area contributed by atoms with E-state index in [1.54, 1.807) is 13.2 Å². The van der Waals surface area contributed by atoms with Gasteiger partial charge in [0.1, 0.15) is 5.75 Å². The predicted octanol–water partition coefficient (Wildman–Crippen LogP) is 3.89. The van der Waals surface area contributed by atoms with E-state index in [0.29, 0.717) is 10.8 Å². The third-order valence-corrected chi connectivity index (χ3v) is 4.59. The van der Waals surface area contributed by atoms with Crippen LogP contribution in [0.2, 0.25) is 5.02 Å². The smallest absolute Gasteiger partial charge is 0.137 e. The Balaban J connectivity index is 3.16. The predicted molar refractivity (Wildman–Crippen MR) is 84.6 cm³/mol. The number of hydrogen-bond acceptors (Lipinski definition) is 3. The quantitative estimate of drug-likeness (QED) is 0.829. The first-order valence-corrected chi connectivity index (χ1v) is 7.58. The second kappa shape index (κ2) is 7.30. The molecule has 0 heterocycles. The van der Waals surface area contributed by atoms with Gasteiger partial charge in [0.05, 0.1) is 18.2 Å². The van der Waals surface area contributed by atoms with Gasteiger partial charge in [0.25, 0.3) is 0 Å². The van der Waals surface area contributed by atoms with Crippen LogP contribution in [0.4, 0.5) is 0 Å². The van der Waals surface area contributed by atoms with Gasteiger partial charge >= 0.3 is 0 Å². The Morgan fingerprint density at radius 1 is 1.30 bits per heavy atom. The normalized spacial score (nSPS) is 16.0. The molecule has 2 atom stereocenters. The van der Waals surface area contributed by atoms with Crippen molar-refractivity contribution in [3.63, 3.8) is 0 Å². The van der Waals surface area contributed by atoms with E-state index >= 15 is 0 Å². The molecule has 0 radical (unpaired) electrons. The summed E-state index contributed by atoms with van der Waals surface area (Å²) in [6.07, 6.45) is 0.277. The summed E-state index contributed by atoms with van der Waals surface area (Å²) in [6, 6.07) is 5.47. The molecule has 20 heavy (non-hydrogen) atoms. The Morgan fingerprint density at radius 3 is 2.35 bits per heavy atom. The molecular formula is C16H26ClNO2. The van der Waals surface area contributed by atoms with E-state index in [9.17, 15) is 5.11 Å². The maximum atomic E-state index is 10.8. The van der Waals surface area contributed by atoms with Gasteiger partial charge in [-0.25, -0.2) is 0 Å². The van der Waals surface area contributed by atoms with Gasteiger partial charge in [-0.15, -0.1) is 0 Å². The molecule has 0 aliphatic rings. The Kier molecular flexibility index (Phi) is 6.31. The molecule has 4 heteroatoms. The number of hydrogen-bond donors (Lipinski definition) is 1. The van der Waals surface area contributed by atoms with E-state index < -0.39 is 6.10 Å². The van der Waals surface area contributed by atoms with Gasteiger partial charge in [0.2, 0.25) is 0 Å². The summed E-state index contributed by atoms with van der Waals surface area (Å²) in [6.45, 7) is 10.3. The molecule has 0 saturated carbocycles. The fourth-order valence-electron chi connectivity index (χ4n) is 2.74. The second-order valence-electron chi connectivity index (χ2n) is 5.18. The summed E-state index contributed by atoms with van der Waals surface area (Å²) in [7, 11) is 1.58. The Morgan fingerprint density at radius 2 is 1.90 bits per heavy atom. The molecule has 0 aliphatic carbocycles. The van der Waals surface area contributed by atoms with Gasteiger partial charge in [-0.1, -0.05) is 38.4 Å². The highest BCUT2D eigenvalue weighted by Gasteiger charge is 2.37. The van der Waals surface area contributed by atoms with Crippen molar-refractivity contribution in [2.24, 2.45) is 0 Å². The van der Waals surface area contributed by atoms with Crippen LogP contribution in [0.25, 0.3) is 0 Å². The minimum absolute atomic E-state index is 0.303. The monoisotopic (exact) mass is 299 g/mol. The number of likely N-dealkylation sites (N-methyl/N-ethyl adjacent to an activating group) is 1. The zero-order valence-corrected chi connectivity index (χ0v) is 13.9. The fourth-order valence-corrected chi connectivity index (χ4v) is 2.94. The summed E-state index contributed by atoms with van der Waals surface area (Å²) in [5, 5.41) is 11.4. The van der Waals surface area contributed by atoms with E-state index in [4.69, 9.17) is 16.3 Å². The molecule has 0 amide bonds. The number of aliphatic hydroxyl groups excluding tert-OH is 1. The van der Waals surface area contributed by atoms with E-state index in [0.717, 1.165) is 25.1 Å². The minimum Gasteiger partial charge on any atom is -0.495 e. The summed E-state index contributed by atoms with van der Waals surface area (Å²) >= 11 is 6.05. The molecule has 2 unspecified atom stereocenters. The number of ether oxygens (including phenoxy) is 1. The first-order chi connectivity index (χ1) is 9.44. The van der Waals surface area contributed by atoms with Crippen molar-refractivity contribution in [3.8, 4) is 5.75 Å². The zero-order chi connectivity index (χ0) is 15.3. The summed E-state index contributed by atoms with van der Waals surface area (Å²) in [4.78, 5) is 2.29. The largest absolute Gasteiger partial charge is 0.495 e. The molecule has 0 aliphatic heterocycles. The molecule has 1 rings (SSSR count). The summed E-state index contributed by atoms with van der Waals surface area (Å²) < 4.78 is 5.24. The van der Waals surface area contributed by atoms with Crippen LogP contribution in [0, 0.1) is 0 Å². The first kappa shape index (κ1) is 17.3. The molecule has 1 aromatic rings. The first-order valence-electron chi connectivity index (χ1n) is 7.21. The van der Waals surface area contributed by atoms with Gasteiger partial charge in [-0.3, -0.25) is 4.90 Å².